The first-order chi connectivity index (χ1) is 3.71. The molecule has 0 N–H and O–H groups in total. The maximum absolute atomic E-state index is 5.14. The number of hydrogen-bond donors (Lipinski definition) is 0. The van der Waals surface area contributed by atoms with E-state index in [1.165, 1.54) is 0 Å². The topological polar surface area (TPSA) is 9.23 Å². The summed E-state index contributed by atoms with van der Waals surface area (Å²) < 4.78 is 5.31. The quantitative estimate of drug-likeness (QED) is 0.438. The zero-order valence-electron chi connectivity index (χ0n) is 4.74. The van der Waals surface area contributed by atoms with Crippen LogP contribution in [-0.2, 0) is 4.74 Å². The fourth-order valence-corrected chi connectivity index (χ4v) is 1.13. The fraction of sp³-hybridized carbons (Fsp3) is 1.00. The van der Waals surface area contributed by atoms with Crippen molar-refractivity contribution in [2.45, 2.75) is 17.5 Å². The molecule has 1 aliphatic heterocycles. The summed E-state index contributed by atoms with van der Waals surface area (Å²) in [5.41, 5.74) is 0. The van der Waals surface area contributed by atoms with Gasteiger partial charge in [0.25, 0.3) is 0 Å². The molecule has 0 aromatic rings. The molecule has 0 aromatic heterocycles. The zero-order valence-corrected chi connectivity index (χ0v) is 6.74. The van der Waals surface area contributed by atoms with E-state index in [4.69, 9.17) is 4.74 Å². The monoisotopic (exact) mass is 140 g/mol. The summed E-state index contributed by atoms with van der Waals surface area (Å²) in [4.78, 5) is 0. The molecule has 0 aromatic carbocycles. The van der Waals surface area contributed by atoms with E-state index in [2.05, 4.69) is 20.5 Å². The van der Waals surface area contributed by atoms with Crippen LogP contribution in [0.15, 0.2) is 0 Å². The van der Waals surface area contributed by atoms with Crippen molar-refractivity contribution in [3.63, 3.8) is 0 Å². The maximum atomic E-state index is 5.14. The van der Waals surface area contributed by atoms with E-state index in [0.717, 1.165) is 26.1 Å². The molecule has 3 heteroatoms. The molecule has 1 rings (SSSR count). The lowest BCUT2D eigenvalue weighted by Gasteiger charge is -2.28. The zero-order chi connectivity index (χ0) is 6.04. The van der Waals surface area contributed by atoms with Gasteiger partial charge in [0.1, 0.15) is 0 Å². The van der Waals surface area contributed by atoms with Gasteiger partial charge in [-0.05, 0) is 17.5 Å². The van der Waals surface area contributed by atoms with Gasteiger partial charge in [0.2, 0.25) is 0 Å². The summed E-state index contributed by atoms with van der Waals surface area (Å²) in [6.45, 7) is 1.74. The number of ether oxygens (including phenoxy) is 1. The molecule has 0 bridgehead atoms. The lowest BCUT2D eigenvalue weighted by molar-refractivity contribution is 0.0900. The molecule has 6 radical (unpaired) electrons. The van der Waals surface area contributed by atoms with Crippen LogP contribution in [0.25, 0.3) is 0 Å². The Morgan fingerprint density at radius 3 is 1.88 bits per heavy atom. The highest BCUT2D eigenvalue weighted by molar-refractivity contribution is 6.39. The molecule has 1 fully saturated rings. The van der Waals surface area contributed by atoms with Gasteiger partial charge in [0.05, 0.1) is 0 Å². The molecule has 0 atom stereocenters. The van der Waals surface area contributed by atoms with Gasteiger partial charge in [-0.2, -0.15) is 0 Å². The van der Waals surface area contributed by atoms with Crippen LogP contribution in [0.2, 0.25) is 4.66 Å². The summed E-state index contributed by atoms with van der Waals surface area (Å²) in [6, 6.07) is 0. The van der Waals surface area contributed by atoms with E-state index in [1.807, 2.05) is 0 Å². The van der Waals surface area contributed by atoms with Crippen LogP contribution >= 0.6 is 0 Å². The van der Waals surface area contributed by atoms with Gasteiger partial charge in [-0.25, -0.2) is 0 Å². The minimum atomic E-state index is 0.165. The van der Waals surface area contributed by atoms with Gasteiger partial charge in [-0.3, -0.25) is 0 Å². The highest BCUT2D eigenvalue weighted by atomic mass is 28.2. The second-order valence-corrected chi connectivity index (χ2v) is 4.61. The van der Waals surface area contributed by atoms with Gasteiger partial charge >= 0.3 is 0 Å². The lowest BCUT2D eigenvalue weighted by atomic mass is 10.2. The van der Waals surface area contributed by atoms with E-state index in [1.54, 1.807) is 0 Å². The first-order valence-electron chi connectivity index (χ1n) is 2.78. The normalized spacial score (nSPS) is 27.8. The van der Waals surface area contributed by atoms with Crippen molar-refractivity contribution in [3.05, 3.63) is 0 Å². The van der Waals surface area contributed by atoms with Gasteiger partial charge in [0.15, 0.2) is 0 Å². The molecule has 0 spiro atoms. The SMILES string of the molecule is [Si]C1([Si])CCOCC1. The second-order valence-electron chi connectivity index (χ2n) is 2.19. The average molecular weight is 140 g/mol. The molecule has 0 amide bonds. The minimum absolute atomic E-state index is 0.165. The van der Waals surface area contributed by atoms with Crippen LogP contribution in [0.5, 0.6) is 0 Å². The van der Waals surface area contributed by atoms with E-state index in [-0.39, 0.29) is 4.66 Å². The largest absolute Gasteiger partial charge is 0.381 e. The van der Waals surface area contributed by atoms with Gasteiger partial charge in [-0.1, -0.05) is 0 Å². The van der Waals surface area contributed by atoms with Crippen molar-refractivity contribution in [1.82, 2.24) is 0 Å². The molecule has 0 unspecified atom stereocenters. The Labute approximate surface area is 56.6 Å². The Hall–Kier alpha value is 0.394. The Bertz CT molecular complexity index is 74.5. The Morgan fingerprint density at radius 2 is 1.62 bits per heavy atom. The number of rotatable bonds is 0. The molecular formula is C5H8OSi2. The third-order valence-electron chi connectivity index (χ3n) is 1.35. The highest BCUT2D eigenvalue weighted by Crippen LogP contribution is 2.28. The van der Waals surface area contributed by atoms with Gasteiger partial charge in [-0.15, -0.1) is 0 Å². The first kappa shape index (κ1) is 6.51. The summed E-state index contributed by atoms with van der Waals surface area (Å²) in [6.07, 6.45) is 2.11. The van der Waals surface area contributed by atoms with Gasteiger partial charge < -0.3 is 4.74 Å². The first-order valence-corrected chi connectivity index (χ1v) is 3.78. The Morgan fingerprint density at radius 1 is 1.12 bits per heavy atom. The average Bonchev–Trinajstić information content (AvgIpc) is 1.65. The molecule has 1 nitrogen and oxygen atoms in total. The molecule has 1 heterocycles. The van der Waals surface area contributed by atoms with Crippen molar-refractivity contribution in [1.29, 1.82) is 0 Å². The standard InChI is InChI=1S/C5H8OSi2/c7-5(8)1-3-6-4-2-5/h1-4H2. The fourth-order valence-electron chi connectivity index (χ4n) is 0.720. The van der Waals surface area contributed by atoms with Crippen LogP contribution in [0, 0.1) is 0 Å². The Kier molecular flexibility index (Phi) is 1.90. The smallest absolute Gasteiger partial charge is 0.0465 e. The molecular weight excluding hydrogens is 132 g/mol. The number of hydrogen-bond acceptors (Lipinski definition) is 1. The van der Waals surface area contributed by atoms with Crippen molar-refractivity contribution < 1.29 is 4.74 Å². The predicted molar refractivity (Wildman–Crippen MR) is 34.3 cm³/mol. The summed E-state index contributed by atoms with van der Waals surface area (Å²) in [5, 5.41) is 0. The maximum Gasteiger partial charge on any atom is 0.0465 e. The highest BCUT2D eigenvalue weighted by Gasteiger charge is 2.20. The van der Waals surface area contributed by atoms with Crippen LogP contribution in [-0.4, -0.2) is 33.7 Å². The Balaban J connectivity index is 2.33. The van der Waals surface area contributed by atoms with Crippen molar-refractivity contribution in [3.8, 4) is 0 Å². The lowest BCUT2D eigenvalue weighted by Crippen LogP contribution is -2.23. The van der Waals surface area contributed by atoms with Crippen LogP contribution in [0.3, 0.4) is 0 Å². The molecule has 0 aliphatic carbocycles. The third kappa shape index (κ3) is 1.72. The molecule has 8 heavy (non-hydrogen) atoms. The predicted octanol–water partition coefficient (Wildman–Crippen LogP) is 0.250. The van der Waals surface area contributed by atoms with Crippen LogP contribution in [0.1, 0.15) is 12.8 Å². The van der Waals surface area contributed by atoms with Crippen molar-refractivity contribution >= 4 is 20.5 Å². The minimum Gasteiger partial charge on any atom is -0.381 e. The van der Waals surface area contributed by atoms with E-state index < -0.39 is 0 Å². The van der Waals surface area contributed by atoms with Crippen LogP contribution < -0.4 is 0 Å². The van der Waals surface area contributed by atoms with Crippen molar-refractivity contribution in [2.75, 3.05) is 13.2 Å². The third-order valence-corrected chi connectivity index (χ3v) is 2.35. The molecule has 42 valence electrons. The van der Waals surface area contributed by atoms with Crippen LogP contribution in [0.4, 0.5) is 0 Å². The molecule has 1 saturated heterocycles. The molecule has 0 saturated carbocycles. The second kappa shape index (κ2) is 2.33. The molecule has 1 aliphatic rings. The van der Waals surface area contributed by atoms with E-state index >= 15 is 0 Å². The van der Waals surface area contributed by atoms with E-state index in [0.29, 0.717) is 0 Å². The van der Waals surface area contributed by atoms with Gasteiger partial charge in [0, 0.05) is 33.7 Å². The summed E-state index contributed by atoms with van der Waals surface area (Å²) >= 11 is 0. The van der Waals surface area contributed by atoms with Crippen molar-refractivity contribution in [2.24, 2.45) is 0 Å². The van der Waals surface area contributed by atoms with E-state index in [9.17, 15) is 0 Å². The summed E-state index contributed by atoms with van der Waals surface area (Å²) in [7, 11) is 7.15. The summed E-state index contributed by atoms with van der Waals surface area (Å²) in [5.74, 6) is 0.